The molecule has 108 valence electrons. The van der Waals surface area contributed by atoms with Gasteiger partial charge in [-0.25, -0.2) is 0 Å². The number of anilines is 1. The quantitative estimate of drug-likeness (QED) is 0.808. The number of hydrogen-bond acceptors (Lipinski definition) is 1. The van der Waals surface area contributed by atoms with E-state index in [1.165, 1.54) is 11.1 Å². The predicted octanol–water partition coefficient (Wildman–Crippen LogP) is 4.64. The molecule has 1 aliphatic carbocycles. The van der Waals surface area contributed by atoms with Crippen LogP contribution in [0.1, 0.15) is 35.4 Å². The maximum absolute atomic E-state index is 12.7. The molecule has 2 nitrogen and oxygen atoms in total. The molecular formula is C18H18BrNO. The summed E-state index contributed by atoms with van der Waals surface area (Å²) < 4.78 is 0. The summed E-state index contributed by atoms with van der Waals surface area (Å²) in [5, 5.41) is 3.84. The van der Waals surface area contributed by atoms with Gasteiger partial charge in [0.05, 0.1) is 5.92 Å². The van der Waals surface area contributed by atoms with Gasteiger partial charge in [0.25, 0.3) is 0 Å². The number of rotatable bonds is 3. The van der Waals surface area contributed by atoms with Gasteiger partial charge in [-0.05, 0) is 42.0 Å². The number of halogens is 1. The molecule has 1 aliphatic rings. The summed E-state index contributed by atoms with van der Waals surface area (Å²) in [5.41, 5.74) is 4.52. The molecule has 3 rings (SSSR count). The van der Waals surface area contributed by atoms with Crippen LogP contribution >= 0.6 is 15.9 Å². The minimum atomic E-state index is -0.0293. The van der Waals surface area contributed by atoms with Crippen LogP contribution in [0, 0.1) is 0 Å². The number of benzene rings is 2. The first-order chi connectivity index (χ1) is 10.3. The maximum atomic E-state index is 12.7. The topological polar surface area (TPSA) is 29.1 Å². The van der Waals surface area contributed by atoms with E-state index in [0.29, 0.717) is 0 Å². The van der Waals surface area contributed by atoms with Crippen molar-refractivity contribution in [1.82, 2.24) is 0 Å². The zero-order chi connectivity index (χ0) is 14.7. The van der Waals surface area contributed by atoms with Crippen LogP contribution < -0.4 is 5.32 Å². The van der Waals surface area contributed by atoms with Gasteiger partial charge in [-0.1, -0.05) is 58.4 Å². The summed E-state index contributed by atoms with van der Waals surface area (Å²) in [6, 6.07) is 16.2. The summed E-state index contributed by atoms with van der Waals surface area (Å²) in [5.74, 6) is 0.0777. The molecule has 0 heterocycles. The van der Waals surface area contributed by atoms with Crippen LogP contribution in [0.2, 0.25) is 0 Å². The molecule has 1 atom stereocenters. The first-order valence-corrected chi connectivity index (χ1v) is 8.44. The highest BCUT2D eigenvalue weighted by atomic mass is 79.9. The van der Waals surface area contributed by atoms with Gasteiger partial charge in [0.15, 0.2) is 0 Å². The number of alkyl halides is 1. The Morgan fingerprint density at radius 1 is 1.14 bits per heavy atom. The highest BCUT2D eigenvalue weighted by molar-refractivity contribution is 9.08. The molecule has 0 saturated heterocycles. The number of nitrogens with one attached hydrogen (secondary N) is 1. The maximum Gasteiger partial charge on any atom is 0.231 e. The van der Waals surface area contributed by atoms with E-state index in [9.17, 15) is 4.79 Å². The standard InChI is InChI=1S/C18H18BrNO/c19-12-14-7-2-4-11-17(14)20-18(21)16-10-5-8-13-6-1-3-9-15(13)16/h1-4,6-7,9,11,16H,5,8,10,12H2,(H,20,21). The second kappa shape index (κ2) is 6.44. The lowest BCUT2D eigenvalue weighted by atomic mass is 9.82. The van der Waals surface area contributed by atoms with Gasteiger partial charge in [-0.15, -0.1) is 0 Å². The normalized spacial score (nSPS) is 17.1. The number of aryl methyl sites for hydroxylation is 1. The monoisotopic (exact) mass is 343 g/mol. The van der Waals surface area contributed by atoms with Gasteiger partial charge >= 0.3 is 0 Å². The number of hydrogen-bond donors (Lipinski definition) is 1. The molecule has 0 spiro atoms. The molecular weight excluding hydrogens is 326 g/mol. The summed E-state index contributed by atoms with van der Waals surface area (Å²) in [4.78, 5) is 12.7. The molecule has 1 unspecified atom stereocenters. The average Bonchev–Trinajstić information content (AvgIpc) is 2.54. The molecule has 0 aliphatic heterocycles. The number of carbonyl (C=O) groups is 1. The predicted molar refractivity (Wildman–Crippen MR) is 89.8 cm³/mol. The highest BCUT2D eigenvalue weighted by Gasteiger charge is 2.26. The largest absolute Gasteiger partial charge is 0.325 e. The Morgan fingerprint density at radius 3 is 2.76 bits per heavy atom. The van der Waals surface area contributed by atoms with E-state index in [0.717, 1.165) is 35.8 Å². The summed E-state index contributed by atoms with van der Waals surface area (Å²) >= 11 is 3.47. The van der Waals surface area contributed by atoms with Crippen molar-refractivity contribution >= 4 is 27.5 Å². The summed E-state index contributed by atoms with van der Waals surface area (Å²) in [7, 11) is 0. The number of carbonyl (C=O) groups excluding carboxylic acids is 1. The van der Waals surface area contributed by atoms with Gasteiger partial charge in [0.1, 0.15) is 0 Å². The van der Waals surface area contributed by atoms with Gasteiger partial charge < -0.3 is 5.32 Å². The van der Waals surface area contributed by atoms with E-state index in [-0.39, 0.29) is 11.8 Å². The first-order valence-electron chi connectivity index (χ1n) is 7.32. The molecule has 2 aromatic rings. The Morgan fingerprint density at radius 2 is 1.90 bits per heavy atom. The van der Waals surface area contributed by atoms with Gasteiger partial charge in [-0.3, -0.25) is 4.79 Å². The molecule has 1 amide bonds. The third-order valence-corrected chi connectivity index (χ3v) is 4.71. The lowest BCUT2D eigenvalue weighted by Gasteiger charge is -2.25. The van der Waals surface area contributed by atoms with Crippen molar-refractivity contribution in [2.45, 2.75) is 30.5 Å². The van der Waals surface area contributed by atoms with E-state index in [1.807, 2.05) is 30.3 Å². The third kappa shape index (κ3) is 3.03. The van der Waals surface area contributed by atoms with Crippen molar-refractivity contribution in [2.75, 3.05) is 5.32 Å². The van der Waals surface area contributed by atoms with Crippen molar-refractivity contribution in [3.63, 3.8) is 0 Å². The van der Waals surface area contributed by atoms with Crippen molar-refractivity contribution in [3.8, 4) is 0 Å². The van der Waals surface area contributed by atoms with Crippen LogP contribution in [-0.4, -0.2) is 5.91 Å². The van der Waals surface area contributed by atoms with Gasteiger partial charge in [0, 0.05) is 11.0 Å². The Bertz CT molecular complexity index is 653. The minimum Gasteiger partial charge on any atom is -0.325 e. The van der Waals surface area contributed by atoms with Crippen LogP contribution in [-0.2, 0) is 16.5 Å². The Labute approximate surface area is 133 Å². The fraction of sp³-hybridized carbons (Fsp3) is 0.278. The second-order valence-corrected chi connectivity index (χ2v) is 5.98. The molecule has 21 heavy (non-hydrogen) atoms. The van der Waals surface area contributed by atoms with E-state index < -0.39 is 0 Å². The molecule has 1 N–H and O–H groups in total. The SMILES string of the molecule is O=C(Nc1ccccc1CBr)C1CCCc2ccccc21. The highest BCUT2D eigenvalue weighted by Crippen LogP contribution is 2.32. The van der Waals surface area contributed by atoms with Crippen molar-refractivity contribution in [1.29, 1.82) is 0 Å². The second-order valence-electron chi connectivity index (χ2n) is 5.42. The van der Waals surface area contributed by atoms with E-state index in [2.05, 4.69) is 39.4 Å². The molecule has 0 radical (unpaired) electrons. The van der Waals surface area contributed by atoms with Crippen LogP contribution in [0.3, 0.4) is 0 Å². The molecule has 0 fully saturated rings. The van der Waals surface area contributed by atoms with Crippen LogP contribution in [0.15, 0.2) is 48.5 Å². The fourth-order valence-electron chi connectivity index (χ4n) is 3.00. The lowest BCUT2D eigenvalue weighted by molar-refractivity contribution is -0.117. The number of amides is 1. The zero-order valence-electron chi connectivity index (χ0n) is 11.8. The summed E-state index contributed by atoms with van der Waals surface area (Å²) in [6.45, 7) is 0. The van der Waals surface area contributed by atoms with Crippen molar-refractivity contribution < 1.29 is 4.79 Å². The smallest absolute Gasteiger partial charge is 0.231 e. The van der Waals surface area contributed by atoms with Crippen LogP contribution in [0.5, 0.6) is 0 Å². The minimum absolute atomic E-state index is 0.0293. The molecule has 0 aromatic heterocycles. The zero-order valence-corrected chi connectivity index (χ0v) is 13.4. The van der Waals surface area contributed by atoms with Crippen LogP contribution in [0.25, 0.3) is 0 Å². The molecule has 2 aromatic carbocycles. The average molecular weight is 344 g/mol. The van der Waals surface area contributed by atoms with E-state index in [1.54, 1.807) is 0 Å². The van der Waals surface area contributed by atoms with Gasteiger partial charge in [0.2, 0.25) is 5.91 Å². The third-order valence-electron chi connectivity index (χ3n) is 4.11. The molecule has 0 bridgehead atoms. The molecule has 3 heteroatoms. The Kier molecular flexibility index (Phi) is 4.39. The summed E-state index contributed by atoms with van der Waals surface area (Å²) in [6.07, 6.45) is 3.09. The Hall–Kier alpha value is -1.61. The van der Waals surface area contributed by atoms with Gasteiger partial charge in [-0.2, -0.15) is 0 Å². The van der Waals surface area contributed by atoms with E-state index >= 15 is 0 Å². The van der Waals surface area contributed by atoms with E-state index in [4.69, 9.17) is 0 Å². The first kappa shape index (κ1) is 14.3. The Balaban J connectivity index is 1.84. The number of fused-ring (bicyclic) bond motifs is 1. The molecule has 0 saturated carbocycles. The lowest BCUT2D eigenvalue weighted by Crippen LogP contribution is -2.25. The van der Waals surface area contributed by atoms with Crippen LogP contribution in [0.4, 0.5) is 5.69 Å². The fourth-order valence-corrected chi connectivity index (χ4v) is 3.49. The van der Waals surface area contributed by atoms with Crippen molar-refractivity contribution in [3.05, 3.63) is 65.2 Å². The van der Waals surface area contributed by atoms with Crippen molar-refractivity contribution in [2.24, 2.45) is 0 Å². The number of para-hydroxylation sites is 1.